The minimum absolute atomic E-state index is 0. The highest BCUT2D eigenvalue weighted by atomic mass is 35.5. The number of aromatic hydroxyl groups is 1. The molecule has 98 valence electrons. The Balaban J connectivity index is 0.00000256. The molecule has 0 aromatic heterocycles. The summed E-state index contributed by atoms with van der Waals surface area (Å²) in [4.78, 5) is 0. The van der Waals surface area contributed by atoms with Crippen LogP contribution in [0.3, 0.4) is 0 Å². The molecule has 0 aliphatic heterocycles. The van der Waals surface area contributed by atoms with Crippen LogP contribution in [-0.4, -0.2) is 30.5 Å². The van der Waals surface area contributed by atoms with Crippen LogP contribution in [0.4, 0.5) is 0 Å². The third-order valence-electron chi connectivity index (χ3n) is 2.41. The van der Waals surface area contributed by atoms with Crippen molar-refractivity contribution < 1.29 is 19.7 Å². The number of rotatable bonds is 4. The molecule has 0 aliphatic rings. The first-order chi connectivity index (χ1) is 7.51. The van der Waals surface area contributed by atoms with E-state index in [1.54, 1.807) is 19.1 Å². The molecule has 0 bridgehead atoms. The lowest BCUT2D eigenvalue weighted by Gasteiger charge is -2.18. The smallest absolute Gasteiger partial charge is 0.200 e. The molecular formula is C11H18ClNO4. The van der Waals surface area contributed by atoms with Gasteiger partial charge in [0.25, 0.3) is 0 Å². The van der Waals surface area contributed by atoms with Crippen LogP contribution in [0.1, 0.15) is 18.5 Å². The average Bonchev–Trinajstić information content (AvgIpc) is 2.28. The van der Waals surface area contributed by atoms with Crippen LogP contribution in [0.5, 0.6) is 17.2 Å². The Morgan fingerprint density at radius 2 is 1.59 bits per heavy atom. The fourth-order valence-corrected chi connectivity index (χ4v) is 1.38. The molecule has 4 N–H and O–H groups in total. The molecule has 6 heteroatoms. The molecule has 1 aromatic rings. The zero-order chi connectivity index (χ0) is 12.3. The minimum atomic E-state index is -0.695. The molecule has 0 heterocycles. The topological polar surface area (TPSA) is 84.9 Å². The van der Waals surface area contributed by atoms with Gasteiger partial charge in [0.1, 0.15) is 0 Å². The third kappa shape index (κ3) is 3.39. The molecule has 0 aliphatic carbocycles. The van der Waals surface area contributed by atoms with Crippen molar-refractivity contribution in [2.45, 2.75) is 19.1 Å². The van der Waals surface area contributed by atoms with E-state index in [2.05, 4.69) is 0 Å². The summed E-state index contributed by atoms with van der Waals surface area (Å²) < 4.78 is 9.98. The van der Waals surface area contributed by atoms with Gasteiger partial charge in [0.05, 0.1) is 26.4 Å². The minimum Gasteiger partial charge on any atom is -0.502 e. The maximum Gasteiger partial charge on any atom is 0.200 e. The van der Waals surface area contributed by atoms with Crippen molar-refractivity contribution in [3.05, 3.63) is 17.7 Å². The van der Waals surface area contributed by atoms with Crippen LogP contribution in [0.2, 0.25) is 0 Å². The molecule has 2 atom stereocenters. The van der Waals surface area contributed by atoms with Crippen molar-refractivity contribution in [3.8, 4) is 17.2 Å². The zero-order valence-electron chi connectivity index (χ0n) is 10.0. The standard InChI is InChI=1S/C11H17NO4.ClH/c1-6(13)10(12)7-4-8(15-2)11(14)9(5-7)16-3;/h4-6,10,13-14H,12H2,1-3H3;1H/t6-,10-;/m1./s1. The predicted molar refractivity (Wildman–Crippen MR) is 67.1 cm³/mol. The Labute approximate surface area is 107 Å². The van der Waals surface area contributed by atoms with E-state index >= 15 is 0 Å². The van der Waals surface area contributed by atoms with Crippen molar-refractivity contribution >= 4 is 12.4 Å². The number of methoxy groups -OCH3 is 2. The number of hydrogen-bond donors (Lipinski definition) is 3. The summed E-state index contributed by atoms with van der Waals surface area (Å²) in [6.45, 7) is 1.59. The second kappa shape index (κ2) is 6.54. The van der Waals surface area contributed by atoms with Gasteiger partial charge in [-0.25, -0.2) is 0 Å². The van der Waals surface area contributed by atoms with E-state index in [-0.39, 0.29) is 29.7 Å². The number of phenolic OH excluding ortho intramolecular Hbond substituents is 1. The molecule has 0 saturated heterocycles. The molecule has 5 nitrogen and oxygen atoms in total. The summed E-state index contributed by atoms with van der Waals surface area (Å²) in [5.41, 5.74) is 6.43. The first-order valence-electron chi connectivity index (χ1n) is 4.89. The summed E-state index contributed by atoms with van der Waals surface area (Å²) in [6, 6.07) is 2.60. The summed E-state index contributed by atoms with van der Waals surface area (Å²) in [6.07, 6.45) is -0.695. The van der Waals surface area contributed by atoms with Gasteiger partial charge in [-0.2, -0.15) is 0 Å². The van der Waals surface area contributed by atoms with Gasteiger partial charge < -0.3 is 25.4 Å². The molecule has 0 fully saturated rings. The fourth-order valence-electron chi connectivity index (χ4n) is 1.38. The Morgan fingerprint density at radius 3 is 1.88 bits per heavy atom. The van der Waals surface area contributed by atoms with Crippen molar-refractivity contribution in [2.75, 3.05) is 14.2 Å². The lowest BCUT2D eigenvalue weighted by Crippen LogP contribution is -2.23. The normalized spacial score (nSPS) is 13.5. The van der Waals surface area contributed by atoms with Crippen LogP contribution >= 0.6 is 12.4 Å². The Morgan fingerprint density at radius 1 is 1.18 bits per heavy atom. The highest BCUT2D eigenvalue weighted by Gasteiger charge is 2.18. The maximum absolute atomic E-state index is 9.68. The molecule has 0 spiro atoms. The van der Waals surface area contributed by atoms with Gasteiger partial charge in [-0.05, 0) is 24.6 Å². The van der Waals surface area contributed by atoms with Gasteiger partial charge >= 0.3 is 0 Å². The molecular weight excluding hydrogens is 246 g/mol. The van der Waals surface area contributed by atoms with Gasteiger partial charge in [0, 0.05) is 0 Å². The van der Waals surface area contributed by atoms with Gasteiger partial charge in [0.2, 0.25) is 5.75 Å². The number of aliphatic hydroxyl groups is 1. The van der Waals surface area contributed by atoms with Gasteiger partial charge in [-0.3, -0.25) is 0 Å². The molecule has 17 heavy (non-hydrogen) atoms. The van der Waals surface area contributed by atoms with Crippen molar-refractivity contribution in [1.29, 1.82) is 0 Å². The first-order valence-corrected chi connectivity index (χ1v) is 4.89. The molecule has 0 saturated carbocycles. The Kier molecular flexibility index (Phi) is 6.09. The molecule has 1 rings (SSSR count). The lowest BCUT2D eigenvalue weighted by atomic mass is 10.0. The monoisotopic (exact) mass is 263 g/mol. The largest absolute Gasteiger partial charge is 0.502 e. The van der Waals surface area contributed by atoms with Crippen LogP contribution in [0.25, 0.3) is 0 Å². The quantitative estimate of drug-likeness (QED) is 0.760. The van der Waals surface area contributed by atoms with E-state index in [1.807, 2.05) is 0 Å². The molecule has 1 aromatic carbocycles. The van der Waals surface area contributed by atoms with E-state index in [1.165, 1.54) is 14.2 Å². The third-order valence-corrected chi connectivity index (χ3v) is 2.41. The van der Waals surface area contributed by atoms with E-state index < -0.39 is 12.1 Å². The number of phenols is 1. The number of nitrogens with two attached hydrogens (primary N) is 1. The molecule has 0 amide bonds. The van der Waals surface area contributed by atoms with Gasteiger partial charge in [-0.1, -0.05) is 0 Å². The van der Waals surface area contributed by atoms with Gasteiger partial charge in [0.15, 0.2) is 11.5 Å². The number of ether oxygens (including phenoxy) is 2. The Hall–Kier alpha value is -1.17. The highest BCUT2D eigenvalue weighted by Crippen LogP contribution is 2.38. The van der Waals surface area contributed by atoms with Crippen molar-refractivity contribution in [2.24, 2.45) is 5.73 Å². The van der Waals surface area contributed by atoms with E-state index in [4.69, 9.17) is 15.2 Å². The van der Waals surface area contributed by atoms with Crippen molar-refractivity contribution in [1.82, 2.24) is 0 Å². The van der Waals surface area contributed by atoms with Crippen LogP contribution in [-0.2, 0) is 0 Å². The number of aliphatic hydroxyl groups excluding tert-OH is 1. The van der Waals surface area contributed by atoms with E-state index in [0.29, 0.717) is 5.56 Å². The lowest BCUT2D eigenvalue weighted by molar-refractivity contribution is 0.164. The van der Waals surface area contributed by atoms with Gasteiger partial charge in [-0.15, -0.1) is 12.4 Å². The maximum atomic E-state index is 9.68. The SMILES string of the molecule is COc1cc([C@H](N)[C@@H](C)O)cc(OC)c1O.Cl. The summed E-state index contributed by atoms with van der Waals surface area (Å²) in [5.74, 6) is 0.461. The number of benzene rings is 1. The average molecular weight is 264 g/mol. The van der Waals surface area contributed by atoms with E-state index in [9.17, 15) is 10.2 Å². The zero-order valence-corrected chi connectivity index (χ0v) is 10.8. The van der Waals surface area contributed by atoms with E-state index in [0.717, 1.165) is 0 Å². The highest BCUT2D eigenvalue weighted by molar-refractivity contribution is 5.85. The second-order valence-electron chi connectivity index (χ2n) is 3.54. The van der Waals surface area contributed by atoms with Crippen LogP contribution in [0, 0.1) is 0 Å². The summed E-state index contributed by atoms with van der Waals surface area (Å²) >= 11 is 0. The summed E-state index contributed by atoms with van der Waals surface area (Å²) in [7, 11) is 2.87. The number of hydrogen-bond acceptors (Lipinski definition) is 5. The predicted octanol–water partition coefficient (Wildman–Crippen LogP) is 1.21. The molecule has 0 radical (unpaired) electrons. The van der Waals surface area contributed by atoms with Crippen molar-refractivity contribution in [3.63, 3.8) is 0 Å². The van der Waals surface area contributed by atoms with Crippen LogP contribution in [0.15, 0.2) is 12.1 Å². The fraction of sp³-hybridized carbons (Fsp3) is 0.455. The number of halogens is 1. The first kappa shape index (κ1) is 15.8. The van der Waals surface area contributed by atoms with Crippen LogP contribution < -0.4 is 15.2 Å². The molecule has 0 unspecified atom stereocenters. The second-order valence-corrected chi connectivity index (χ2v) is 3.54. The summed E-state index contributed by atoms with van der Waals surface area (Å²) in [5, 5.41) is 19.1. The Bertz CT molecular complexity index is 345.